The van der Waals surface area contributed by atoms with Gasteiger partial charge in [-0.1, -0.05) is 18.2 Å². The molecule has 2 aromatic carbocycles. The molecule has 1 heterocycles. The molecule has 3 aromatic rings. The molecule has 0 aliphatic rings. The molecule has 35 heavy (non-hydrogen) atoms. The highest BCUT2D eigenvalue weighted by Crippen LogP contribution is 2.25. The summed E-state index contributed by atoms with van der Waals surface area (Å²) in [6.07, 6.45) is 2.96. The predicted molar refractivity (Wildman–Crippen MR) is 137 cm³/mol. The van der Waals surface area contributed by atoms with Crippen molar-refractivity contribution in [3.05, 3.63) is 83.6 Å². The number of aromatic nitrogens is 1. The number of hydrogen-bond donors (Lipinski definition) is 4. The number of unbranched alkanes of at least 4 members (excludes halogenated alkanes) is 1. The van der Waals surface area contributed by atoms with Crippen molar-refractivity contribution in [3.63, 3.8) is 0 Å². The number of nitrogens with one attached hydrogen (secondary N) is 2. The fourth-order valence-corrected chi connectivity index (χ4v) is 3.29. The van der Waals surface area contributed by atoms with Gasteiger partial charge in [0.2, 0.25) is 0 Å². The molecule has 0 saturated carbocycles. The summed E-state index contributed by atoms with van der Waals surface area (Å²) in [5, 5.41) is 5.59. The number of carbonyl (C=O) groups is 2. The second-order valence-electron chi connectivity index (χ2n) is 8.21. The molecule has 1 atom stereocenters. The van der Waals surface area contributed by atoms with E-state index >= 15 is 0 Å². The second kappa shape index (κ2) is 12.6. The highest BCUT2D eigenvalue weighted by Gasteiger charge is 2.17. The highest BCUT2D eigenvalue weighted by atomic mass is 16.5. The van der Waals surface area contributed by atoms with Crippen LogP contribution in [0.15, 0.2) is 66.9 Å². The summed E-state index contributed by atoms with van der Waals surface area (Å²) < 4.78 is 5.77. The van der Waals surface area contributed by atoms with E-state index in [4.69, 9.17) is 16.2 Å². The van der Waals surface area contributed by atoms with Crippen LogP contribution in [0.1, 0.15) is 45.3 Å². The summed E-state index contributed by atoms with van der Waals surface area (Å²) in [6, 6.07) is 17.2. The van der Waals surface area contributed by atoms with E-state index in [1.807, 2.05) is 31.1 Å². The van der Waals surface area contributed by atoms with E-state index in [-0.39, 0.29) is 17.6 Å². The minimum atomic E-state index is -0.418. The molecule has 2 amide bonds. The van der Waals surface area contributed by atoms with E-state index < -0.39 is 5.91 Å². The van der Waals surface area contributed by atoms with Crippen LogP contribution in [0.2, 0.25) is 0 Å². The summed E-state index contributed by atoms with van der Waals surface area (Å²) in [5.74, 6) is 0.155. The monoisotopic (exact) mass is 476 g/mol. The number of rotatable bonds is 11. The molecule has 6 N–H and O–H groups in total. The molecule has 3 rings (SSSR count). The van der Waals surface area contributed by atoms with Crippen LogP contribution >= 0.6 is 0 Å². The Hall–Kier alpha value is -3.79. The van der Waals surface area contributed by atoms with Gasteiger partial charge in [0, 0.05) is 11.8 Å². The average Bonchev–Trinajstić information content (AvgIpc) is 2.87. The van der Waals surface area contributed by atoms with E-state index in [9.17, 15) is 9.59 Å². The highest BCUT2D eigenvalue weighted by molar-refractivity contribution is 6.12. The number of pyridine rings is 1. The Balaban J connectivity index is 1.81. The first-order valence-corrected chi connectivity index (χ1v) is 11.4. The third-order valence-electron chi connectivity index (χ3n) is 5.33. The number of carbonyl (C=O) groups excluding carboxylic acids is 2. The molecule has 9 heteroatoms. The number of amides is 2. The quantitative estimate of drug-likeness (QED) is 0.246. The fraction of sp³-hybridized carbons (Fsp3) is 0.269. The number of nitrogens with two attached hydrogens (primary N) is 2. The maximum Gasteiger partial charge on any atom is 0.259 e. The molecule has 9 nitrogen and oxygen atoms in total. The molecular weight excluding hydrogens is 444 g/mol. The molecule has 0 radical (unpaired) electrons. The number of ether oxygens (including phenoxy) is 1. The van der Waals surface area contributed by atoms with Crippen molar-refractivity contribution < 1.29 is 14.3 Å². The topological polar surface area (TPSA) is 136 Å². The summed E-state index contributed by atoms with van der Waals surface area (Å²) in [7, 11) is 3.77. The van der Waals surface area contributed by atoms with Gasteiger partial charge in [-0.3, -0.25) is 14.5 Å². The molecule has 0 aliphatic heterocycles. The molecule has 0 fully saturated rings. The largest absolute Gasteiger partial charge is 0.494 e. The Bertz CT molecular complexity index is 1120. The lowest BCUT2D eigenvalue weighted by molar-refractivity contribution is 0.102. The third kappa shape index (κ3) is 7.35. The zero-order chi connectivity index (χ0) is 25.2. The lowest BCUT2D eigenvalue weighted by Crippen LogP contribution is -2.27. The van der Waals surface area contributed by atoms with Crippen molar-refractivity contribution in [2.24, 2.45) is 11.5 Å². The second-order valence-corrected chi connectivity index (χ2v) is 8.21. The third-order valence-corrected chi connectivity index (χ3v) is 5.33. The van der Waals surface area contributed by atoms with Gasteiger partial charge in [-0.2, -0.15) is 0 Å². The maximum absolute atomic E-state index is 13.1. The van der Waals surface area contributed by atoms with Crippen LogP contribution in [0, 0.1) is 0 Å². The normalized spacial score (nSPS) is 11.7. The van der Waals surface area contributed by atoms with Gasteiger partial charge in [-0.25, -0.2) is 4.98 Å². The Morgan fingerprint density at radius 1 is 1.00 bits per heavy atom. The van der Waals surface area contributed by atoms with E-state index in [0.29, 0.717) is 36.0 Å². The van der Waals surface area contributed by atoms with Crippen LogP contribution < -0.4 is 26.8 Å². The van der Waals surface area contributed by atoms with Crippen molar-refractivity contribution in [1.82, 2.24) is 9.88 Å². The molecule has 1 aromatic heterocycles. The first kappa shape index (κ1) is 25.8. The van der Waals surface area contributed by atoms with Crippen LogP contribution in [-0.2, 0) is 0 Å². The number of nitrogens with zero attached hydrogens (tertiary/aromatic N) is 2. The van der Waals surface area contributed by atoms with Crippen molar-refractivity contribution in [2.75, 3.05) is 37.9 Å². The van der Waals surface area contributed by atoms with Crippen molar-refractivity contribution >= 4 is 23.3 Å². The van der Waals surface area contributed by atoms with Gasteiger partial charge in [0.25, 0.3) is 11.8 Å². The zero-order valence-electron chi connectivity index (χ0n) is 20.0. The van der Waals surface area contributed by atoms with Crippen molar-refractivity contribution in [3.8, 4) is 5.75 Å². The minimum absolute atomic E-state index is 0.256. The standard InChI is InChI=1S/C26H32N6O3/c1-32(2)24(28)18-8-10-19(11-9-18)25(33)30-22-13-12-20(35-16-6-4-14-27)17-21(22)26(34)31-23-7-3-5-15-29-23/h3,5,7-13,15,17,24H,4,6,14,16,27-28H2,1-2H3,(H,30,33)(H,29,31,34). The van der Waals surface area contributed by atoms with Crippen LogP contribution in [0.3, 0.4) is 0 Å². The van der Waals surface area contributed by atoms with E-state index in [0.717, 1.165) is 18.4 Å². The van der Waals surface area contributed by atoms with Gasteiger partial charge in [0.1, 0.15) is 11.6 Å². The lowest BCUT2D eigenvalue weighted by Gasteiger charge is -2.20. The van der Waals surface area contributed by atoms with Gasteiger partial charge < -0.3 is 26.8 Å². The van der Waals surface area contributed by atoms with Gasteiger partial charge in [-0.05, 0) is 81.5 Å². The molecule has 0 saturated heterocycles. The van der Waals surface area contributed by atoms with E-state index in [2.05, 4.69) is 15.6 Å². The van der Waals surface area contributed by atoms with E-state index in [1.165, 1.54) is 0 Å². The zero-order valence-corrected chi connectivity index (χ0v) is 20.0. The number of benzene rings is 2. The molecule has 0 bridgehead atoms. The Morgan fingerprint density at radius 3 is 2.43 bits per heavy atom. The van der Waals surface area contributed by atoms with Crippen molar-refractivity contribution in [1.29, 1.82) is 0 Å². The summed E-state index contributed by atoms with van der Waals surface area (Å²) in [4.78, 5) is 32.0. The first-order chi connectivity index (χ1) is 16.9. The smallest absolute Gasteiger partial charge is 0.259 e. The van der Waals surface area contributed by atoms with E-state index in [1.54, 1.807) is 54.7 Å². The van der Waals surface area contributed by atoms with Crippen LogP contribution in [-0.4, -0.2) is 48.9 Å². The summed E-state index contributed by atoms with van der Waals surface area (Å²) >= 11 is 0. The molecule has 0 aliphatic carbocycles. The first-order valence-electron chi connectivity index (χ1n) is 11.4. The molecule has 184 valence electrons. The van der Waals surface area contributed by atoms with Crippen LogP contribution in [0.5, 0.6) is 5.75 Å². The number of hydrogen-bond acceptors (Lipinski definition) is 7. The summed E-state index contributed by atoms with van der Waals surface area (Å²) in [5.41, 5.74) is 13.6. The molecular formula is C26H32N6O3. The fourth-order valence-electron chi connectivity index (χ4n) is 3.29. The Labute approximate surface area is 205 Å². The lowest BCUT2D eigenvalue weighted by atomic mass is 10.1. The van der Waals surface area contributed by atoms with Crippen LogP contribution in [0.25, 0.3) is 0 Å². The molecule has 1 unspecified atom stereocenters. The Morgan fingerprint density at radius 2 is 1.77 bits per heavy atom. The minimum Gasteiger partial charge on any atom is -0.494 e. The number of anilines is 2. The maximum atomic E-state index is 13.1. The summed E-state index contributed by atoms with van der Waals surface area (Å²) in [6.45, 7) is 1.07. The SMILES string of the molecule is CN(C)C(N)c1ccc(C(=O)Nc2ccc(OCCCCN)cc2C(=O)Nc2ccccn2)cc1. The molecule has 0 spiro atoms. The van der Waals surface area contributed by atoms with Gasteiger partial charge in [-0.15, -0.1) is 0 Å². The Kier molecular flexibility index (Phi) is 9.31. The van der Waals surface area contributed by atoms with Gasteiger partial charge in [0.05, 0.1) is 24.0 Å². The van der Waals surface area contributed by atoms with Crippen LogP contribution in [0.4, 0.5) is 11.5 Å². The predicted octanol–water partition coefficient (Wildman–Crippen LogP) is 3.22. The van der Waals surface area contributed by atoms with Gasteiger partial charge >= 0.3 is 0 Å². The van der Waals surface area contributed by atoms with Crippen molar-refractivity contribution in [2.45, 2.75) is 19.0 Å². The van der Waals surface area contributed by atoms with Gasteiger partial charge in [0.15, 0.2) is 0 Å². The average molecular weight is 477 g/mol.